The lowest BCUT2D eigenvalue weighted by Gasteiger charge is -2.16. The Bertz CT molecular complexity index is 1620. The van der Waals surface area contributed by atoms with Gasteiger partial charge in [0.25, 0.3) is 5.56 Å². The molecule has 1 aliphatic carbocycles. The Morgan fingerprint density at radius 2 is 2.05 bits per heavy atom. The minimum Gasteiger partial charge on any atom is -0.506 e. The molecule has 2 aromatic heterocycles. The van der Waals surface area contributed by atoms with Crippen LogP contribution in [0, 0.1) is 0 Å². The maximum atomic E-state index is 13.9. The average molecular weight is 533 g/mol. The number of hydrogen-bond acceptors (Lipinski definition) is 8. The molecule has 0 spiro atoms. The van der Waals surface area contributed by atoms with E-state index in [4.69, 9.17) is 21.3 Å². The van der Waals surface area contributed by atoms with Crippen LogP contribution in [0.5, 0.6) is 11.5 Å². The van der Waals surface area contributed by atoms with Crippen molar-refractivity contribution in [3.63, 3.8) is 0 Å². The van der Waals surface area contributed by atoms with Crippen LogP contribution in [0.25, 0.3) is 31.7 Å². The summed E-state index contributed by atoms with van der Waals surface area (Å²) >= 11 is 0.828. The number of thiophene rings is 1. The molecule has 194 valence electrons. The van der Waals surface area contributed by atoms with Crippen LogP contribution < -0.4 is 21.9 Å². The Morgan fingerprint density at radius 3 is 2.68 bits per heavy atom. The highest BCUT2D eigenvalue weighted by Crippen LogP contribution is 2.47. The number of ether oxygens (including phenoxy) is 1. The van der Waals surface area contributed by atoms with Crippen molar-refractivity contribution >= 4 is 37.5 Å². The van der Waals surface area contributed by atoms with Crippen LogP contribution in [0.1, 0.15) is 29.9 Å². The first-order valence-corrected chi connectivity index (χ1v) is 12.1. The summed E-state index contributed by atoms with van der Waals surface area (Å²) < 4.78 is 46.9. The molecule has 0 radical (unpaired) electrons. The number of fused-ring (bicyclic) bond motifs is 3. The van der Waals surface area contributed by atoms with Gasteiger partial charge in [-0.3, -0.25) is 9.36 Å². The van der Waals surface area contributed by atoms with Crippen LogP contribution in [0.3, 0.4) is 0 Å². The summed E-state index contributed by atoms with van der Waals surface area (Å²) in [6.45, 7) is -0.168. The van der Waals surface area contributed by atoms with E-state index in [1.807, 2.05) is 6.07 Å². The van der Waals surface area contributed by atoms with Crippen LogP contribution in [0.15, 0.2) is 40.2 Å². The molecule has 1 saturated carbocycles. The van der Waals surface area contributed by atoms with Crippen molar-refractivity contribution in [1.29, 1.82) is 0 Å². The number of nitrogens with two attached hydrogens (primary N) is 2. The number of halogens is 3. The molecule has 1 aliphatic rings. The molecule has 0 atom stereocenters. The van der Waals surface area contributed by atoms with Gasteiger partial charge < -0.3 is 15.6 Å². The third kappa shape index (κ3) is 4.44. The van der Waals surface area contributed by atoms with E-state index in [0.717, 1.165) is 40.9 Å². The topological polar surface area (TPSA) is 132 Å². The van der Waals surface area contributed by atoms with Gasteiger partial charge in [-0.25, -0.2) is 15.9 Å². The molecule has 2 aromatic carbocycles. The Hall–Kier alpha value is -3.84. The van der Waals surface area contributed by atoms with Crippen molar-refractivity contribution < 1.29 is 23.0 Å². The maximum Gasteiger partial charge on any atom is 0.420 e. The Balaban J connectivity index is 1.83. The number of alkyl halides is 3. The summed E-state index contributed by atoms with van der Waals surface area (Å²) in [4.78, 5) is 18.8. The lowest BCUT2D eigenvalue weighted by Crippen LogP contribution is -2.33. The second-order valence-corrected chi connectivity index (χ2v) is 9.84. The van der Waals surface area contributed by atoms with Gasteiger partial charge in [-0.05, 0) is 48.6 Å². The molecule has 2 heterocycles. The molecule has 9 nitrogen and oxygen atoms in total. The minimum atomic E-state index is -4.76. The normalized spacial score (nSPS) is 14.5. The number of hydrogen-bond donors (Lipinski definition) is 3. The molecule has 0 bridgehead atoms. The SMILES string of the molecule is COc1ccc(-c2nc3sc4c(O)c(C(F)(F)F)ccc4c3c(=O)n2C/C(N)=N/N(C)N)c(C2CC2)c1. The van der Waals surface area contributed by atoms with Crippen molar-refractivity contribution in [2.75, 3.05) is 14.2 Å². The number of hydrazine groups is 1. The molecule has 1 fully saturated rings. The highest BCUT2D eigenvalue weighted by molar-refractivity contribution is 7.25. The van der Waals surface area contributed by atoms with Crippen LogP contribution >= 0.6 is 11.3 Å². The monoisotopic (exact) mass is 532 g/mol. The van der Waals surface area contributed by atoms with Gasteiger partial charge in [0.2, 0.25) is 0 Å². The van der Waals surface area contributed by atoms with Crippen molar-refractivity contribution in [3.8, 4) is 22.9 Å². The predicted molar refractivity (Wildman–Crippen MR) is 136 cm³/mol. The zero-order chi connectivity index (χ0) is 26.6. The first-order chi connectivity index (χ1) is 17.5. The number of benzene rings is 2. The summed E-state index contributed by atoms with van der Waals surface area (Å²) in [7, 11) is 3.03. The van der Waals surface area contributed by atoms with Crippen LogP contribution in [0.4, 0.5) is 13.2 Å². The smallest absolute Gasteiger partial charge is 0.420 e. The third-order valence-corrected chi connectivity index (χ3v) is 7.27. The maximum absolute atomic E-state index is 13.9. The number of hydrazone groups is 1. The molecule has 0 amide bonds. The average Bonchev–Trinajstić information content (AvgIpc) is 3.60. The van der Waals surface area contributed by atoms with Gasteiger partial charge in [0, 0.05) is 18.0 Å². The molecular formula is C24H23F3N6O3S. The third-order valence-electron chi connectivity index (χ3n) is 6.16. The zero-order valence-electron chi connectivity index (χ0n) is 19.8. The zero-order valence-corrected chi connectivity index (χ0v) is 20.7. The minimum absolute atomic E-state index is 0.0257. The summed E-state index contributed by atoms with van der Waals surface area (Å²) in [6, 6.07) is 7.38. The molecule has 37 heavy (non-hydrogen) atoms. The molecule has 5 N–H and O–H groups in total. The summed E-state index contributed by atoms with van der Waals surface area (Å²) in [5.74, 6) is 5.86. The van der Waals surface area contributed by atoms with Crippen molar-refractivity contribution in [2.24, 2.45) is 16.7 Å². The summed E-state index contributed by atoms with van der Waals surface area (Å²) in [6.07, 6.45) is -2.83. The van der Waals surface area contributed by atoms with E-state index < -0.39 is 23.0 Å². The van der Waals surface area contributed by atoms with Gasteiger partial charge in [0.1, 0.15) is 28.0 Å². The fourth-order valence-corrected chi connectivity index (χ4v) is 5.50. The molecule has 4 aromatic rings. The standard InChI is InChI=1S/C24H23F3N6O3S/c1-32(29)31-17(28)10-33-21(13-6-5-12(36-2)9-15(13)11-3-4-11)30-22-18(23(33)35)14-7-8-16(24(25,26)27)19(34)20(14)37-22/h5-9,11,34H,3-4,10,29H2,1-2H3,(H2,28,31). The fourth-order valence-electron chi connectivity index (χ4n) is 4.39. The molecule has 0 saturated heterocycles. The number of nitrogens with zero attached hydrogens (tertiary/aromatic N) is 4. The molecule has 0 unspecified atom stereocenters. The van der Waals surface area contributed by atoms with Gasteiger partial charge in [-0.2, -0.15) is 13.2 Å². The lowest BCUT2D eigenvalue weighted by atomic mass is 10.0. The Kier molecular flexibility index (Phi) is 5.99. The van der Waals surface area contributed by atoms with Crippen LogP contribution in [-0.4, -0.2) is 39.8 Å². The highest BCUT2D eigenvalue weighted by Gasteiger charge is 2.35. The summed E-state index contributed by atoms with van der Waals surface area (Å²) in [5, 5.41) is 15.7. The number of methoxy groups -OCH3 is 1. The second kappa shape index (κ2) is 8.92. The van der Waals surface area contributed by atoms with Crippen molar-refractivity contribution in [3.05, 3.63) is 51.8 Å². The number of aromatic hydroxyl groups is 1. The number of phenols is 1. The first-order valence-electron chi connectivity index (χ1n) is 11.3. The van der Waals surface area contributed by atoms with E-state index in [9.17, 15) is 23.1 Å². The van der Waals surface area contributed by atoms with Crippen LogP contribution in [-0.2, 0) is 12.7 Å². The van der Waals surface area contributed by atoms with Gasteiger partial charge in [-0.15, -0.1) is 16.4 Å². The molecule has 13 heteroatoms. The quantitative estimate of drug-likeness (QED) is 0.148. The van der Waals surface area contributed by atoms with E-state index in [0.29, 0.717) is 11.3 Å². The van der Waals surface area contributed by atoms with E-state index >= 15 is 0 Å². The Labute approximate surface area is 212 Å². The number of aromatic nitrogens is 2. The van der Waals surface area contributed by atoms with Crippen LogP contribution in [0.2, 0.25) is 0 Å². The Morgan fingerprint density at radius 1 is 1.32 bits per heavy atom. The van der Waals surface area contributed by atoms with E-state index in [1.54, 1.807) is 19.2 Å². The van der Waals surface area contributed by atoms with Gasteiger partial charge in [0.15, 0.2) is 0 Å². The van der Waals surface area contributed by atoms with Gasteiger partial charge in [0.05, 0.1) is 29.3 Å². The lowest BCUT2D eigenvalue weighted by molar-refractivity contribution is -0.138. The van der Waals surface area contributed by atoms with E-state index in [1.165, 1.54) is 17.7 Å². The largest absolute Gasteiger partial charge is 0.506 e. The number of amidine groups is 1. The van der Waals surface area contributed by atoms with Crippen molar-refractivity contribution in [2.45, 2.75) is 31.5 Å². The predicted octanol–water partition coefficient (Wildman–Crippen LogP) is 3.97. The number of phenolic OH excluding ortho intramolecular Hbond substituents is 1. The first kappa shape index (κ1) is 24.8. The van der Waals surface area contributed by atoms with E-state index in [-0.39, 0.29) is 44.4 Å². The molecule has 5 rings (SSSR count). The van der Waals surface area contributed by atoms with Gasteiger partial charge >= 0.3 is 6.18 Å². The molecule has 0 aliphatic heterocycles. The highest BCUT2D eigenvalue weighted by atomic mass is 32.1. The van der Waals surface area contributed by atoms with Gasteiger partial charge in [-0.1, -0.05) is 6.07 Å². The fraction of sp³-hybridized carbons (Fsp3) is 0.292. The summed E-state index contributed by atoms with van der Waals surface area (Å²) in [5.41, 5.74) is 5.97. The molecular weight excluding hydrogens is 509 g/mol. The van der Waals surface area contributed by atoms with Crippen molar-refractivity contribution in [1.82, 2.24) is 14.7 Å². The second-order valence-electron chi connectivity index (χ2n) is 8.84. The van der Waals surface area contributed by atoms with E-state index in [2.05, 4.69) is 5.10 Å². The number of rotatable bonds is 6.